The van der Waals surface area contributed by atoms with Gasteiger partial charge in [-0.3, -0.25) is 10.1 Å². The van der Waals surface area contributed by atoms with Crippen LogP contribution in [0.3, 0.4) is 0 Å². The van der Waals surface area contributed by atoms with Crippen molar-refractivity contribution >= 4 is 22.4 Å². The van der Waals surface area contributed by atoms with Crippen molar-refractivity contribution in [1.29, 1.82) is 0 Å². The fraction of sp³-hybridized carbons (Fsp3) is 0.364. The molecule has 1 saturated carbocycles. The first-order chi connectivity index (χ1) is 13.1. The largest absolute Gasteiger partial charge is 0.288 e. The Morgan fingerprint density at radius 3 is 2.41 bits per heavy atom. The van der Waals surface area contributed by atoms with Crippen molar-refractivity contribution in [3.8, 4) is 0 Å². The Morgan fingerprint density at radius 2 is 1.70 bits per heavy atom. The normalized spacial score (nSPS) is 16.5. The molecule has 4 rings (SSSR count). The Morgan fingerprint density at radius 1 is 1.04 bits per heavy atom. The molecule has 1 aromatic heterocycles. The predicted octanol–water partition coefficient (Wildman–Crippen LogP) is 4.77. The van der Waals surface area contributed by atoms with Crippen molar-refractivity contribution < 1.29 is 0 Å². The van der Waals surface area contributed by atoms with Crippen LogP contribution in [0.5, 0.6) is 0 Å². The molecule has 1 fully saturated rings. The lowest BCUT2D eigenvalue weighted by molar-refractivity contribution is 0.209. The summed E-state index contributed by atoms with van der Waals surface area (Å²) >= 11 is 6.09. The third-order valence-electron chi connectivity index (χ3n) is 5.72. The van der Waals surface area contributed by atoms with Crippen molar-refractivity contribution in [2.24, 2.45) is 0 Å². The first kappa shape index (κ1) is 18.2. The van der Waals surface area contributed by atoms with Crippen LogP contribution in [-0.2, 0) is 12.2 Å². The van der Waals surface area contributed by atoms with Crippen molar-refractivity contribution in [3.63, 3.8) is 0 Å². The van der Waals surface area contributed by atoms with Gasteiger partial charge in [-0.25, -0.2) is 4.68 Å². The van der Waals surface area contributed by atoms with Crippen LogP contribution in [-0.4, -0.2) is 9.78 Å². The Balaban J connectivity index is 1.67. The summed E-state index contributed by atoms with van der Waals surface area (Å²) in [4.78, 5) is 12.9. The maximum absolute atomic E-state index is 12.9. The third kappa shape index (κ3) is 3.52. The maximum atomic E-state index is 12.9. The number of nitrogens with zero attached hydrogens (tertiary/aromatic N) is 2. The first-order valence-corrected chi connectivity index (χ1v) is 9.94. The van der Waals surface area contributed by atoms with Gasteiger partial charge in [-0.2, -0.15) is 5.10 Å². The Bertz CT molecular complexity index is 1000. The van der Waals surface area contributed by atoms with Gasteiger partial charge >= 0.3 is 0 Å². The summed E-state index contributed by atoms with van der Waals surface area (Å²) < 4.78 is 1.56. The standard InChI is InChI=1S/C22H24ClN3O/c1-16-19-7-3-4-8-20(19)21(27)26(25-16)15-24-22(13-5-2-6-14-22)17-9-11-18(23)12-10-17/h3-4,7-12,24H,2,5-6,13-15H2,1H3. The minimum Gasteiger partial charge on any atom is -0.288 e. The van der Waals surface area contributed by atoms with Crippen molar-refractivity contribution in [3.05, 3.63) is 75.2 Å². The lowest BCUT2D eigenvalue weighted by atomic mass is 9.76. The molecule has 1 heterocycles. The second kappa shape index (κ2) is 7.45. The van der Waals surface area contributed by atoms with Crippen LogP contribution in [0.2, 0.25) is 5.02 Å². The van der Waals surface area contributed by atoms with Gasteiger partial charge in [0.05, 0.1) is 17.7 Å². The van der Waals surface area contributed by atoms with Crippen LogP contribution in [0.15, 0.2) is 53.3 Å². The van der Waals surface area contributed by atoms with Crippen LogP contribution < -0.4 is 10.9 Å². The SMILES string of the molecule is Cc1nn(CNC2(c3ccc(Cl)cc3)CCCCC2)c(=O)c2ccccc12. The van der Waals surface area contributed by atoms with Gasteiger partial charge in [0, 0.05) is 15.9 Å². The van der Waals surface area contributed by atoms with Crippen LogP contribution in [0.4, 0.5) is 0 Å². The average Bonchev–Trinajstić information content (AvgIpc) is 2.71. The van der Waals surface area contributed by atoms with Crippen LogP contribution in [0, 0.1) is 6.92 Å². The molecule has 5 heteroatoms. The molecule has 0 spiro atoms. The predicted molar refractivity (Wildman–Crippen MR) is 110 cm³/mol. The number of fused-ring (bicyclic) bond motifs is 1. The van der Waals surface area contributed by atoms with E-state index in [0.29, 0.717) is 6.67 Å². The number of rotatable bonds is 4. The smallest absolute Gasteiger partial charge is 0.275 e. The summed E-state index contributed by atoms with van der Waals surface area (Å²) in [5.74, 6) is 0. The maximum Gasteiger partial charge on any atom is 0.275 e. The monoisotopic (exact) mass is 381 g/mol. The highest BCUT2D eigenvalue weighted by molar-refractivity contribution is 6.30. The molecular formula is C22H24ClN3O. The highest BCUT2D eigenvalue weighted by Crippen LogP contribution is 2.37. The number of nitrogens with one attached hydrogen (secondary N) is 1. The summed E-state index contributed by atoms with van der Waals surface area (Å²) in [5, 5.41) is 10.6. The molecule has 0 atom stereocenters. The van der Waals surface area contributed by atoms with Crippen molar-refractivity contribution in [2.75, 3.05) is 0 Å². The fourth-order valence-electron chi connectivity index (χ4n) is 4.23. The summed E-state index contributed by atoms with van der Waals surface area (Å²) in [5.41, 5.74) is 1.92. The number of benzene rings is 2. The second-order valence-corrected chi connectivity index (χ2v) is 7.86. The van der Waals surface area contributed by atoms with Gasteiger partial charge in [-0.15, -0.1) is 0 Å². The molecular weight excluding hydrogens is 358 g/mol. The van der Waals surface area contributed by atoms with Gasteiger partial charge < -0.3 is 0 Å². The van der Waals surface area contributed by atoms with E-state index in [1.165, 1.54) is 24.8 Å². The van der Waals surface area contributed by atoms with Gasteiger partial charge in [0.1, 0.15) is 0 Å². The van der Waals surface area contributed by atoms with E-state index in [-0.39, 0.29) is 11.1 Å². The first-order valence-electron chi connectivity index (χ1n) is 9.57. The number of hydrogen-bond acceptors (Lipinski definition) is 3. The van der Waals surface area contributed by atoms with Gasteiger partial charge in [0.15, 0.2) is 0 Å². The minimum absolute atomic E-state index is 0.0502. The molecule has 0 amide bonds. The number of hydrogen-bond donors (Lipinski definition) is 1. The molecule has 0 unspecified atom stereocenters. The van der Waals surface area contributed by atoms with Crippen molar-refractivity contribution in [2.45, 2.75) is 51.2 Å². The zero-order valence-corrected chi connectivity index (χ0v) is 16.3. The van der Waals surface area contributed by atoms with Gasteiger partial charge in [0.25, 0.3) is 5.56 Å². The summed E-state index contributed by atoms with van der Waals surface area (Å²) in [6.45, 7) is 2.35. The summed E-state index contributed by atoms with van der Waals surface area (Å²) in [6.07, 6.45) is 5.71. The molecule has 4 nitrogen and oxygen atoms in total. The molecule has 1 aliphatic rings. The molecule has 140 valence electrons. The van der Waals surface area contributed by atoms with Gasteiger partial charge in [-0.05, 0) is 43.5 Å². The number of aromatic nitrogens is 2. The van der Waals surface area contributed by atoms with E-state index in [1.807, 2.05) is 43.3 Å². The van der Waals surface area contributed by atoms with E-state index >= 15 is 0 Å². The Kier molecular flexibility index (Phi) is 5.02. The molecule has 1 aliphatic carbocycles. The lowest BCUT2D eigenvalue weighted by Gasteiger charge is -2.39. The molecule has 0 bridgehead atoms. The fourth-order valence-corrected chi connectivity index (χ4v) is 4.36. The topological polar surface area (TPSA) is 46.9 Å². The summed E-state index contributed by atoms with van der Waals surface area (Å²) in [6, 6.07) is 15.8. The Labute approximate surface area is 164 Å². The quantitative estimate of drug-likeness (QED) is 0.708. The molecule has 0 saturated heterocycles. The van der Waals surface area contributed by atoms with Crippen molar-refractivity contribution in [1.82, 2.24) is 15.1 Å². The van der Waals surface area contributed by atoms with Gasteiger partial charge in [-0.1, -0.05) is 61.2 Å². The zero-order valence-electron chi connectivity index (χ0n) is 15.5. The number of halogens is 1. The van der Waals surface area contributed by atoms with E-state index in [4.69, 9.17) is 11.6 Å². The molecule has 2 aromatic carbocycles. The second-order valence-electron chi connectivity index (χ2n) is 7.42. The molecule has 3 aromatic rings. The van der Waals surface area contributed by atoms with E-state index in [9.17, 15) is 4.79 Å². The summed E-state index contributed by atoms with van der Waals surface area (Å²) in [7, 11) is 0. The van der Waals surface area contributed by atoms with Gasteiger partial charge in [0.2, 0.25) is 0 Å². The number of aryl methyl sites for hydroxylation is 1. The third-order valence-corrected chi connectivity index (χ3v) is 5.98. The average molecular weight is 382 g/mol. The van der Waals surface area contributed by atoms with E-state index < -0.39 is 0 Å². The molecule has 0 aliphatic heterocycles. The Hall–Kier alpha value is -2.17. The van der Waals surface area contributed by atoms with Crippen LogP contribution in [0.25, 0.3) is 10.8 Å². The lowest BCUT2D eigenvalue weighted by Crippen LogP contribution is -2.46. The van der Waals surface area contributed by atoms with E-state index in [1.54, 1.807) is 4.68 Å². The molecule has 27 heavy (non-hydrogen) atoms. The van der Waals surface area contributed by atoms with Crippen LogP contribution in [0.1, 0.15) is 43.4 Å². The molecule has 0 radical (unpaired) electrons. The minimum atomic E-state index is -0.135. The highest BCUT2D eigenvalue weighted by atomic mass is 35.5. The van der Waals surface area contributed by atoms with E-state index in [0.717, 1.165) is 34.3 Å². The van der Waals surface area contributed by atoms with E-state index in [2.05, 4.69) is 22.5 Å². The highest BCUT2D eigenvalue weighted by Gasteiger charge is 2.33. The zero-order chi connectivity index (χ0) is 18.9. The van der Waals surface area contributed by atoms with Crippen LogP contribution >= 0.6 is 11.6 Å². The molecule has 1 N–H and O–H groups in total.